The number of unbranched alkanes of at least 4 members (excludes halogenated alkanes) is 2. The molecular formula is C40H67Cl4FN8O10S2. The fourth-order valence-electron chi connectivity index (χ4n) is 8.15. The molecule has 0 radical (unpaired) electrons. The highest BCUT2D eigenvalue weighted by molar-refractivity contribution is 7.91. The zero-order valence-corrected chi connectivity index (χ0v) is 41.8. The lowest BCUT2D eigenvalue weighted by molar-refractivity contribution is -0.133. The summed E-state index contributed by atoms with van der Waals surface area (Å²) < 4.78 is 78.4. The minimum absolute atomic E-state index is 0. The van der Waals surface area contributed by atoms with Gasteiger partial charge in [0.1, 0.15) is 5.75 Å². The van der Waals surface area contributed by atoms with Crippen LogP contribution in [0.4, 0.5) is 15.8 Å². The summed E-state index contributed by atoms with van der Waals surface area (Å²) in [5.41, 5.74) is 4.80. The highest BCUT2D eigenvalue weighted by Crippen LogP contribution is 2.35. The van der Waals surface area contributed by atoms with Gasteiger partial charge in [0, 0.05) is 69.8 Å². The zero-order chi connectivity index (χ0) is 44.1. The van der Waals surface area contributed by atoms with E-state index < -0.39 is 47.2 Å². The number of carbonyl (C=O) groups is 2. The van der Waals surface area contributed by atoms with Gasteiger partial charge in [0.05, 0.1) is 13.2 Å². The second-order valence-electron chi connectivity index (χ2n) is 15.7. The van der Waals surface area contributed by atoms with E-state index in [-0.39, 0.29) is 94.2 Å². The molecule has 6 N–H and O–H groups in total. The number of piperazine rings is 2. The van der Waals surface area contributed by atoms with Gasteiger partial charge in [0.2, 0.25) is 20.0 Å². The number of halogens is 5. The van der Waals surface area contributed by atoms with Crippen LogP contribution >= 0.6 is 49.6 Å². The number of nitrogens with zero attached hydrogens (tertiary/aromatic N) is 4. The highest BCUT2D eigenvalue weighted by Gasteiger charge is 2.55. The normalized spacial score (nSPS) is 18.7. The Kier molecular flexibility index (Phi) is 26.0. The molecule has 0 unspecified atom stereocenters. The van der Waals surface area contributed by atoms with Crippen molar-refractivity contribution in [2.24, 2.45) is 0 Å². The number of carbonyl (C=O) groups excluding carboxylic acids is 2. The van der Waals surface area contributed by atoms with Gasteiger partial charge in [-0.1, -0.05) is 26.7 Å². The number of hydrogen-bond donors (Lipinski definition) is 6. The molecule has 4 aliphatic rings. The number of anilines is 2. The number of nitrogens with one attached hydrogen (secondary N) is 4. The molecule has 2 aromatic carbocycles. The molecule has 0 aromatic heterocycles. The Morgan fingerprint density at radius 2 is 1.02 bits per heavy atom. The standard InChI is InChI=1S/C20H31FN4O5S.C20H32N4O5S.4ClH/c1-2-3-14-30-18-5-4-16(15-17(18)21)24-10-12-25(13-11-24)31(28,29)20(19(26)23-27)6-8-22-9-7-20;1-2-3-16-29-18-6-4-17(5-7-18)23-12-14-24(15-13-23)30(27,28)20(19(25)22-26)8-10-21-11-9-20;;;;/h4-5,15,22,27H,2-3,6-14H2,1H3,(H,23,26);4-7,21,26H,2-3,8-16H2,1H3,(H,22,25);4*1H. The SMILES string of the molecule is CCCCOc1ccc(N2CCN(S(=O)(=O)C3(C(=O)NO)CCNCC3)CC2)cc1.CCCCOc1ccc(N2CCN(S(=O)(=O)C3(C(=O)NO)CCNCC3)CC2)cc1F.Cl.Cl.Cl.Cl. The zero-order valence-electron chi connectivity index (χ0n) is 36.9. The number of ether oxygens (including phenoxy) is 2. The lowest BCUT2D eigenvalue weighted by atomic mass is 9.96. The fraction of sp³-hybridized carbons (Fsp3) is 0.650. The Hall–Kier alpha value is -2.67. The minimum atomic E-state index is -3.99. The molecule has 18 nitrogen and oxygen atoms in total. The third-order valence-corrected chi connectivity index (χ3v) is 17.3. The van der Waals surface area contributed by atoms with Crippen molar-refractivity contribution in [1.29, 1.82) is 0 Å². The summed E-state index contributed by atoms with van der Waals surface area (Å²) in [5, 5.41) is 24.5. The monoisotopic (exact) mass is 1040 g/mol. The number of amides is 2. The van der Waals surface area contributed by atoms with E-state index in [1.807, 2.05) is 36.1 Å². The van der Waals surface area contributed by atoms with Crippen molar-refractivity contribution < 1.29 is 50.7 Å². The molecule has 4 heterocycles. The molecule has 2 amide bonds. The third kappa shape index (κ3) is 14.0. The van der Waals surface area contributed by atoms with Crippen LogP contribution in [0, 0.1) is 5.82 Å². The number of rotatable bonds is 16. The van der Waals surface area contributed by atoms with Gasteiger partial charge < -0.3 is 29.9 Å². The first kappa shape index (κ1) is 60.3. The van der Waals surface area contributed by atoms with Crippen LogP contribution in [0.25, 0.3) is 0 Å². The molecule has 0 saturated carbocycles. The van der Waals surface area contributed by atoms with Gasteiger partial charge in [0.25, 0.3) is 11.8 Å². The van der Waals surface area contributed by atoms with Crippen LogP contribution in [0.15, 0.2) is 42.5 Å². The van der Waals surface area contributed by atoms with Gasteiger partial charge >= 0.3 is 0 Å². The number of hydroxylamine groups is 2. The Bertz CT molecular complexity index is 1970. The average molecular weight is 1040 g/mol. The van der Waals surface area contributed by atoms with E-state index in [1.165, 1.54) is 14.7 Å². The lowest BCUT2D eigenvalue weighted by Crippen LogP contribution is -2.63. The molecule has 0 bridgehead atoms. The van der Waals surface area contributed by atoms with Crippen LogP contribution in [0.2, 0.25) is 0 Å². The minimum Gasteiger partial charge on any atom is -0.494 e. The van der Waals surface area contributed by atoms with Crippen molar-refractivity contribution in [3.05, 3.63) is 48.3 Å². The number of sulfonamides is 2. The fourth-order valence-corrected chi connectivity index (χ4v) is 12.4. The van der Waals surface area contributed by atoms with E-state index in [4.69, 9.17) is 14.7 Å². The van der Waals surface area contributed by atoms with E-state index in [2.05, 4.69) is 22.5 Å². The molecule has 4 aliphatic heterocycles. The number of benzene rings is 2. The molecule has 6 rings (SSSR count). The second-order valence-corrected chi connectivity index (χ2v) is 20.2. The van der Waals surface area contributed by atoms with Crippen molar-refractivity contribution in [3.8, 4) is 11.5 Å². The summed E-state index contributed by atoms with van der Waals surface area (Å²) in [6, 6.07) is 12.6. The molecule has 65 heavy (non-hydrogen) atoms. The topological polar surface area (TPSA) is 222 Å². The molecule has 0 spiro atoms. The maximum atomic E-state index is 14.4. The van der Waals surface area contributed by atoms with E-state index in [1.54, 1.807) is 23.1 Å². The third-order valence-electron chi connectivity index (χ3n) is 12.0. The summed E-state index contributed by atoms with van der Waals surface area (Å²) in [5.74, 6) is -1.14. The van der Waals surface area contributed by atoms with Crippen LogP contribution in [-0.4, -0.2) is 149 Å². The number of piperidine rings is 2. The number of hydrogen-bond acceptors (Lipinski definition) is 14. The van der Waals surface area contributed by atoms with Gasteiger partial charge in [-0.25, -0.2) is 32.2 Å². The summed E-state index contributed by atoms with van der Waals surface area (Å²) in [7, 11) is -7.90. The molecule has 0 aliphatic carbocycles. The van der Waals surface area contributed by atoms with Crippen molar-refractivity contribution in [2.45, 2.75) is 74.7 Å². The molecule has 4 fully saturated rings. The Morgan fingerprint density at radius 1 is 0.631 bits per heavy atom. The predicted octanol–water partition coefficient (Wildman–Crippen LogP) is 3.72. The van der Waals surface area contributed by atoms with Crippen LogP contribution in [0.5, 0.6) is 11.5 Å². The van der Waals surface area contributed by atoms with Gasteiger partial charge in [-0.3, -0.25) is 20.0 Å². The van der Waals surface area contributed by atoms with Crippen molar-refractivity contribution in [1.82, 2.24) is 30.2 Å². The van der Waals surface area contributed by atoms with Crippen LogP contribution in [0.1, 0.15) is 65.2 Å². The summed E-state index contributed by atoms with van der Waals surface area (Å²) >= 11 is 0. The van der Waals surface area contributed by atoms with E-state index >= 15 is 0 Å². The quantitative estimate of drug-likeness (QED) is 0.0802. The maximum absolute atomic E-state index is 14.4. The average Bonchev–Trinajstić information content (AvgIpc) is 3.30. The predicted molar refractivity (Wildman–Crippen MR) is 258 cm³/mol. The van der Waals surface area contributed by atoms with Crippen LogP contribution in [0.3, 0.4) is 0 Å². The second kappa shape index (κ2) is 28.0. The Morgan fingerprint density at radius 3 is 1.40 bits per heavy atom. The van der Waals surface area contributed by atoms with Gasteiger partial charge in [-0.2, -0.15) is 8.61 Å². The first-order valence-electron chi connectivity index (χ1n) is 21.2. The Labute approximate surface area is 407 Å². The lowest BCUT2D eigenvalue weighted by Gasteiger charge is -2.42. The van der Waals surface area contributed by atoms with E-state index in [0.29, 0.717) is 84.3 Å². The molecule has 0 atom stereocenters. The van der Waals surface area contributed by atoms with E-state index in [0.717, 1.165) is 37.1 Å². The summed E-state index contributed by atoms with van der Waals surface area (Å²) in [6.07, 6.45) is 4.38. The van der Waals surface area contributed by atoms with Gasteiger partial charge in [-0.05, 0) is 101 Å². The van der Waals surface area contributed by atoms with Gasteiger partial charge in [0.15, 0.2) is 21.1 Å². The maximum Gasteiger partial charge on any atom is 0.266 e. The van der Waals surface area contributed by atoms with Crippen LogP contribution in [-0.2, 0) is 29.6 Å². The molecule has 4 saturated heterocycles. The van der Waals surface area contributed by atoms with Crippen molar-refractivity contribution >= 4 is 92.9 Å². The van der Waals surface area contributed by atoms with Crippen molar-refractivity contribution in [3.63, 3.8) is 0 Å². The highest BCUT2D eigenvalue weighted by atomic mass is 35.5. The first-order valence-corrected chi connectivity index (χ1v) is 24.1. The molecular weight excluding hydrogens is 977 g/mol. The largest absolute Gasteiger partial charge is 0.494 e. The van der Waals surface area contributed by atoms with E-state index in [9.17, 15) is 36.0 Å². The van der Waals surface area contributed by atoms with Gasteiger partial charge in [-0.15, -0.1) is 49.6 Å². The molecule has 2 aromatic rings. The van der Waals surface area contributed by atoms with Crippen molar-refractivity contribution in [2.75, 3.05) is 102 Å². The smallest absolute Gasteiger partial charge is 0.266 e. The first-order chi connectivity index (χ1) is 29.3. The summed E-state index contributed by atoms with van der Waals surface area (Å²) in [4.78, 5) is 28.8. The Balaban J connectivity index is 0.000000613. The molecule has 25 heteroatoms. The van der Waals surface area contributed by atoms with Crippen LogP contribution < -0.4 is 40.9 Å². The molecule has 374 valence electrons. The summed E-state index contributed by atoms with van der Waals surface area (Å²) in [6.45, 7) is 9.63.